The molecular weight excluding hydrogens is 133 g/mol. The van der Waals surface area contributed by atoms with Crippen molar-refractivity contribution in [1.29, 1.82) is 0 Å². The van der Waals surface area contributed by atoms with Crippen LogP contribution in [0.25, 0.3) is 0 Å². The van der Waals surface area contributed by atoms with E-state index in [1.807, 2.05) is 0 Å². The molecule has 6 heteroatoms. The van der Waals surface area contributed by atoms with Crippen LogP contribution in [0.1, 0.15) is 1.43 Å². The van der Waals surface area contributed by atoms with Gasteiger partial charge in [0.05, 0.1) is 12.4 Å². The maximum Gasteiger partial charge on any atom is 1.00 e. The van der Waals surface area contributed by atoms with Crippen molar-refractivity contribution in [1.82, 2.24) is 15.0 Å². The summed E-state index contributed by atoms with van der Waals surface area (Å²) in [4.78, 5) is 10.5. The standard InChI is InChI=1S/C3H3N3O2.Na.H/c7-3(8)6-4-1-2-5-6;;/h1-2H,(H,7,8);;/q;+1;-1. The number of aromatic nitrogens is 3. The second kappa shape index (κ2) is 3.60. The SMILES string of the molecule is O=C(O)n1nccn1.[H-].[Na+]. The molecule has 0 fully saturated rings. The monoisotopic (exact) mass is 137 g/mol. The second-order valence-electron chi connectivity index (χ2n) is 1.10. The smallest absolute Gasteiger partial charge is 1.00 e. The van der Waals surface area contributed by atoms with E-state index in [0.717, 1.165) is 0 Å². The van der Waals surface area contributed by atoms with Crippen LogP contribution in [-0.2, 0) is 0 Å². The quantitative estimate of drug-likeness (QED) is 0.385. The largest absolute Gasteiger partial charge is 1.00 e. The fraction of sp³-hybridized carbons (Fsp3) is 0. The van der Waals surface area contributed by atoms with Crippen LogP contribution in [0.2, 0.25) is 0 Å². The molecule has 0 bridgehead atoms. The summed E-state index contributed by atoms with van der Waals surface area (Å²) in [6.07, 6.45) is 1.43. The molecular formula is C3H4N3NaO2. The van der Waals surface area contributed by atoms with Crippen LogP contribution in [0.15, 0.2) is 12.4 Å². The molecule has 44 valence electrons. The maximum atomic E-state index is 9.90. The molecule has 0 aliphatic carbocycles. The summed E-state index contributed by atoms with van der Waals surface area (Å²) < 4.78 is 0. The number of carboxylic acid groups (broad SMARTS) is 1. The minimum Gasteiger partial charge on any atom is -1.00 e. The second-order valence-corrected chi connectivity index (χ2v) is 1.10. The molecule has 0 spiro atoms. The van der Waals surface area contributed by atoms with Gasteiger partial charge in [0.1, 0.15) is 0 Å². The molecule has 1 heterocycles. The van der Waals surface area contributed by atoms with Crippen molar-refractivity contribution in [2.75, 3.05) is 0 Å². The zero-order valence-electron chi connectivity index (χ0n) is 5.85. The van der Waals surface area contributed by atoms with Gasteiger partial charge in [0, 0.05) is 0 Å². The van der Waals surface area contributed by atoms with Gasteiger partial charge in [0.25, 0.3) is 0 Å². The zero-order valence-corrected chi connectivity index (χ0v) is 6.85. The summed E-state index contributed by atoms with van der Waals surface area (Å²) in [5.74, 6) is 0. The number of carbonyl (C=O) groups is 1. The van der Waals surface area contributed by atoms with Gasteiger partial charge in [-0.15, -0.1) is 0 Å². The van der Waals surface area contributed by atoms with Crippen molar-refractivity contribution in [3.63, 3.8) is 0 Å². The summed E-state index contributed by atoms with van der Waals surface area (Å²) in [6, 6.07) is 0. The molecule has 0 radical (unpaired) electrons. The summed E-state index contributed by atoms with van der Waals surface area (Å²) >= 11 is 0. The molecule has 1 rings (SSSR count). The molecule has 9 heavy (non-hydrogen) atoms. The van der Waals surface area contributed by atoms with E-state index in [-0.39, 0.29) is 31.0 Å². The normalized spacial score (nSPS) is 8.00. The van der Waals surface area contributed by atoms with Gasteiger partial charge in [0.15, 0.2) is 0 Å². The molecule has 1 N–H and O–H groups in total. The van der Waals surface area contributed by atoms with Crippen molar-refractivity contribution >= 4 is 6.09 Å². The van der Waals surface area contributed by atoms with Crippen LogP contribution in [-0.4, -0.2) is 26.2 Å². The van der Waals surface area contributed by atoms with Crippen LogP contribution >= 0.6 is 0 Å². The Hall–Kier alpha value is -0.390. The van der Waals surface area contributed by atoms with Gasteiger partial charge in [-0.25, -0.2) is 4.79 Å². The van der Waals surface area contributed by atoms with Crippen LogP contribution in [0.3, 0.4) is 0 Å². The van der Waals surface area contributed by atoms with E-state index in [4.69, 9.17) is 5.11 Å². The van der Waals surface area contributed by atoms with Crippen LogP contribution < -0.4 is 29.6 Å². The minimum atomic E-state index is -1.17. The first-order valence-electron chi connectivity index (χ1n) is 1.90. The van der Waals surface area contributed by atoms with Gasteiger partial charge in [-0.05, 0) is 0 Å². The van der Waals surface area contributed by atoms with Crippen molar-refractivity contribution < 1.29 is 40.9 Å². The third kappa shape index (κ3) is 2.13. The van der Waals surface area contributed by atoms with E-state index in [2.05, 4.69) is 10.2 Å². The van der Waals surface area contributed by atoms with E-state index in [1.54, 1.807) is 0 Å². The molecule has 0 saturated carbocycles. The molecule has 1 aromatic rings. The molecule has 5 nitrogen and oxygen atoms in total. The van der Waals surface area contributed by atoms with E-state index >= 15 is 0 Å². The average molecular weight is 137 g/mol. The molecule has 0 saturated heterocycles. The Morgan fingerprint density at radius 3 is 2.22 bits per heavy atom. The number of hydrogen-bond acceptors (Lipinski definition) is 3. The Labute approximate surface area is 74.4 Å². The molecule has 1 aromatic heterocycles. The van der Waals surface area contributed by atoms with Gasteiger partial charge in [-0.3, -0.25) is 0 Å². The average Bonchev–Trinajstić information content (AvgIpc) is 2.12. The van der Waals surface area contributed by atoms with Crippen LogP contribution in [0.4, 0.5) is 4.79 Å². The topological polar surface area (TPSA) is 68.0 Å². The molecule has 0 aliphatic rings. The van der Waals surface area contributed by atoms with Crippen molar-refractivity contribution in [3.8, 4) is 0 Å². The Kier molecular flexibility index (Phi) is 3.44. The molecule has 0 aliphatic heterocycles. The third-order valence-corrected chi connectivity index (χ3v) is 0.590. The summed E-state index contributed by atoms with van der Waals surface area (Å²) in [6.45, 7) is 0. The van der Waals surface area contributed by atoms with Gasteiger partial charge < -0.3 is 6.53 Å². The van der Waals surface area contributed by atoms with Gasteiger partial charge in [-0.1, -0.05) is 4.80 Å². The molecule has 0 unspecified atom stereocenters. The predicted molar refractivity (Wildman–Crippen MR) is 24.6 cm³/mol. The Morgan fingerprint density at radius 2 is 2.00 bits per heavy atom. The van der Waals surface area contributed by atoms with E-state index in [0.29, 0.717) is 4.80 Å². The van der Waals surface area contributed by atoms with Gasteiger partial charge in [-0.2, -0.15) is 10.2 Å². The maximum absolute atomic E-state index is 9.90. The first-order valence-corrected chi connectivity index (χ1v) is 1.90. The Morgan fingerprint density at radius 1 is 1.56 bits per heavy atom. The van der Waals surface area contributed by atoms with Crippen molar-refractivity contribution in [3.05, 3.63) is 12.4 Å². The first-order chi connectivity index (χ1) is 3.80. The summed E-state index contributed by atoms with van der Waals surface area (Å²) in [5, 5.41) is 14.8. The van der Waals surface area contributed by atoms with Crippen molar-refractivity contribution in [2.45, 2.75) is 0 Å². The minimum absolute atomic E-state index is 0. The predicted octanol–water partition coefficient (Wildman–Crippen LogP) is -3.08. The number of nitrogens with zero attached hydrogens (tertiary/aromatic N) is 3. The third-order valence-electron chi connectivity index (χ3n) is 0.590. The van der Waals surface area contributed by atoms with Gasteiger partial charge >= 0.3 is 35.7 Å². The fourth-order valence-corrected chi connectivity index (χ4v) is 0.315. The van der Waals surface area contributed by atoms with Crippen LogP contribution in [0.5, 0.6) is 0 Å². The molecule has 0 aromatic carbocycles. The number of rotatable bonds is 0. The molecule has 0 atom stereocenters. The fourth-order valence-electron chi connectivity index (χ4n) is 0.315. The summed E-state index contributed by atoms with van der Waals surface area (Å²) in [5.41, 5.74) is 0. The van der Waals surface area contributed by atoms with E-state index in [1.165, 1.54) is 12.4 Å². The van der Waals surface area contributed by atoms with Gasteiger partial charge in [0.2, 0.25) is 0 Å². The molecule has 0 amide bonds. The summed E-state index contributed by atoms with van der Waals surface area (Å²) in [7, 11) is 0. The number of hydrogen-bond donors (Lipinski definition) is 1. The van der Waals surface area contributed by atoms with E-state index in [9.17, 15) is 4.79 Å². The van der Waals surface area contributed by atoms with E-state index < -0.39 is 6.09 Å². The zero-order chi connectivity index (χ0) is 5.98. The Bertz CT molecular complexity index is 190. The van der Waals surface area contributed by atoms with Crippen LogP contribution in [0, 0.1) is 0 Å². The first kappa shape index (κ1) is 8.61. The Balaban J connectivity index is 0. The van der Waals surface area contributed by atoms with Crippen molar-refractivity contribution in [2.24, 2.45) is 0 Å².